The van der Waals surface area contributed by atoms with Gasteiger partial charge in [-0.15, -0.1) is 0 Å². The summed E-state index contributed by atoms with van der Waals surface area (Å²) in [6.45, 7) is 1.54. The molecule has 0 N–H and O–H groups in total. The molecule has 0 saturated carbocycles. The van der Waals surface area contributed by atoms with Crippen LogP contribution in [0.25, 0.3) is 11.1 Å². The monoisotopic (exact) mass is 204 g/mol. The quantitative estimate of drug-likeness (QED) is 0.703. The smallest absolute Gasteiger partial charge is 0.297 e. The molecule has 2 rings (SSSR count). The normalized spacial score (nSPS) is 10.6. The summed E-state index contributed by atoms with van der Waals surface area (Å²) in [6, 6.07) is 5.81. The van der Waals surface area contributed by atoms with Gasteiger partial charge in [-0.05, 0) is 25.1 Å². The van der Waals surface area contributed by atoms with Crippen molar-refractivity contribution in [1.29, 1.82) is 0 Å². The number of carbonyl (C=O) groups is 1. The molecule has 4 nitrogen and oxygen atoms in total. The average Bonchev–Trinajstić information content (AvgIpc) is 2.59. The van der Waals surface area contributed by atoms with Gasteiger partial charge >= 0.3 is 0 Å². The van der Waals surface area contributed by atoms with Crippen molar-refractivity contribution in [3.63, 3.8) is 0 Å². The lowest BCUT2D eigenvalue weighted by Crippen LogP contribution is -2.08. The van der Waals surface area contributed by atoms with Crippen LogP contribution in [-0.4, -0.2) is 24.9 Å². The third-order valence-corrected chi connectivity index (χ3v) is 2.17. The van der Waals surface area contributed by atoms with E-state index in [2.05, 4.69) is 4.98 Å². The van der Waals surface area contributed by atoms with E-state index < -0.39 is 0 Å². The predicted molar refractivity (Wildman–Crippen MR) is 58.3 cm³/mol. The number of oxazole rings is 1. The maximum Gasteiger partial charge on any atom is 0.297 e. The molecule has 0 bridgehead atoms. The molecule has 0 aliphatic carbocycles. The zero-order chi connectivity index (χ0) is 11.0. The number of benzene rings is 1. The Bertz CT molecular complexity index is 514. The van der Waals surface area contributed by atoms with Crippen molar-refractivity contribution in [2.45, 2.75) is 6.92 Å². The average molecular weight is 204 g/mol. The maximum absolute atomic E-state index is 11.2. The molecule has 78 valence electrons. The Morgan fingerprint density at radius 1 is 1.40 bits per heavy atom. The summed E-state index contributed by atoms with van der Waals surface area (Å²) in [5.74, 6) is 0.0336. The Hall–Kier alpha value is -1.84. The molecule has 4 heteroatoms. The molecule has 1 aromatic heterocycles. The first kappa shape index (κ1) is 9.71. The van der Waals surface area contributed by atoms with Gasteiger partial charge in [0.2, 0.25) is 0 Å². The molecule has 1 aromatic carbocycles. The number of nitrogens with zero attached hydrogens (tertiary/aromatic N) is 2. The summed E-state index contributed by atoms with van der Waals surface area (Å²) < 4.78 is 5.47. The van der Waals surface area contributed by atoms with Crippen LogP contribution >= 0.6 is 0 Å². The van der Waals surface area contributed by atoms with Gasteiger partial charge in [-0.1, -0.05) is 0 Å². The summed E-state index contributed by atoms with van der Waals surface area (Å²) in [4.78, 5) is 17.2. The van der Waals surface area contributed by atoms with Crippen molar-refractivity contribution >= 4 is 22.9 Å². The molecule has 0 fully saturated rings. The van der Waals surface area contributed by atoms with Gasteiger partial charge in [0.15, 0.2) is 11.4 Å². The fraction of sp³-hybridized carbons (Fsp3) is 0.273. The minimum absolute atomic E-state index is 0.0336. The first-order valence-electron chi connectivity index (χ1n) is 4.67. The lowest BCUT2D eigenvalue weighted by molar-refractivity contribution is 0.101. The van der Waals surface area contributed by atoms with Crippen molar-refractivity contribution < 1.29 is 9.21 Å². The largest absolute Gasteiger partial charge is 0.423 e. The van der Waals surface area contributed by atoms with Crippen LogP contribution < -0.4 is 4.90 Å². The molecule has 0 atom stereocenters. The van der Waals surface area contributed by atoms with Crippen LogP contribution in [0.3, 0.4) is 0 Å². The first-order chi connectivity index (χ1) is 7.08. The van der Waals surface area contributed by atoms with E-state index >= 15 is 0 Å². The van der Waals surface area contributed by atoms with Crippen molar-refractivity contribution in [3.8, 4) is 0 Å². The Kier molecular flexibility index (Phi) is 2.19. The standard InChI is InChI=1S/C11H12N2O2/c1-7(14)8-4-5-10-9(6-8)12-11(15-10)13(2)3/h4-6H,1-3H3. The zero-order valence-corrected chi connectivity index (χ0v) is 8.94. The minimum atomic E-state index is 0.0336. The van der Waals surface area contributed by atoms with Crippen LogP contribution in [0.4, 0.5) is 6.01 Å². The summed E-state index contributed by atoms with van der Waals surface area (Å²) in [7, 11) is 3.72. The molecule has 0 aliphatic heterocycles. The fourth-order valence-corrected chi connectivity index (χ4v) is 1.33. The number of rotatable bonds is 2. The number of fused-ring (bicyclic) bond motifs is 1. The zero-order valence-electron chi connectivity index (χ0n) is 8.94. The SMILES string of the molecule is CC(=O)c1ccc2oc(N(C)C)nc2c1. The lowest BCUT2D eigenvalue weighted by Gasteiger charge is -2.03. The highest BCUT2D eigenvalue weighted by Crippen LogP contribution is 2.21. The molecule has 0 radical (unpaired) electrons. The highest BCUT2D eigenvalue weighted by atomic mass is 16.4. The van der Waals surface area contributed by atoms with Gasteiger partial charge in [0.1, 0.15) is 5.52 Å². The van der Waals surface area contributed by atoms with Gasteiger partial charge in [-0.2, -0.15) is 4.98 Å². The van der Waals surface area contributed by atoms with Crippen molar-refractivity contribution in [2.75, 3.05) is 19.0 Å². The summed E-state index contributed by atoms with van der Waals surface area (Å²) >= 11 is 0. The Morgan fingerprint density at radius 3 is 2.73 bits per heavy atom. The second kappa shape index (κ2) is 3.38. The van der Waals surface area contributed by atoms with E-state index in [0.29, 0.717) is 22.7 Å². The lowest BCUT2D eigenvalue weighted by atomic mass is 10.1. The van der Waals surface area contributed by atoms with Crippen molar-refractivity contribution in [1.82, 2.24) is 4.98 Å². The predicted octanol–water partition coefficient (Wildman–Crippen LogP) is 2.10. The highest BCUT2D eigenvalue weighted by Gasteiger charge is 2.08. The van der Waals surface area contributed by atoms with E-state index in [4.69, 9.17) is 4.42 Å². The number of anilines is 1. The van der Waals surface area contributed by atoms with Crippen LogP contribution in [0, 0.1) is 0 Å². The highest BCUT2D eigenvalue weighted by molar-refractivity contribution is 5.97. The van der Waals surface area contributed by atoms with E-state index in [1.54, 1.807) is 23.1 Å². The van der Waals surface area contributed by atoms with Gasteiger partial charge in [-0.3, -0.25) is 4.79 Å². The van der Waals surface area contributed by atoms with Gasteiger partial charge in [-0.25, -0.2) is 0 Å². The molecule has 0 aliphatic rings. The van der Waals surface area contributed by atoms with E-state index in [1.807, 2.05) is 14.1 Å². The second-order valence-corrected chi connectivity index (χ2v) is 3.63. The molecule has 0 spiro atoms. The maximum atomic E-state index is 11.2. The van der Waals surface area contributed by atoms with Gasteiger partial charge in [0.25, 0.3) is 6.01 Å². The third-order valence-electron chi connectivity index (χ3n) is 2.17. The Balaban J connectivity index is 2.57. The Labute approximate surface area is 87.5 Å². The number of aromatic nitrogens is 1. The first-order valence-corrected chi connectivity index (χ1v) is 4.67. The molecule has 0 amide bonds. The third kappa shape index (κ3) is 1.70. The van der Waals surface area contributed by atoms with Crippen molar-refractivity contribution in [3.05, 3.63) is 23.8 Å². The molecular formula is C11H12N2O2. The van der Waals surface area contributed by atoms with Crippen LogP contribution in [0.2, 0.25) is 0 Å². The van der Waals surface area contributed by atoms with Crippen molar-refractivity contribution in [2.24, 2.45) is 0 Å². The minimum Gasteiger partial charge on any atom is -0.423 e. The summed E-state index contributed by atoms with van der Waals surface area (Å²) in [5, 5.41) is 0. The number of ketones is 1. The van der Waals surface area contributed by atoms with E-state index in [0.717, 1.165) is 0 Å². The molecule has 15 heavy (non-hydrogen) atoms. The van der Waals surface area contributed by atoms with Gasteiger partial charge in [0.05, 0.1) is 0 Å². The number of Topliss-reactive ketones (excluding diaryl/α,β-unsaturated/α-hetero) is 1. The molecule has 0 unspecified atom stereocenters. The molecular weight excluding hydrogens is 192 g/mol. The Morgan fingerprint density at radius 2 is 2.13 bits per heavy atom. The number of hydrogen-bond donors (Lipinski definition) is 0. The van der Waals surface area contributed by atoms with E-state index in [1.165, 1.54) is 6.92 Å². The number of hydrogen-bond acceptors (Lipinski definition) is 4. The van der Waals surface area contributed by atoms with Gasteiger partial charge < -0.3 is 9.32 Å². The van der Waals surface area contributed by atoms with Gasteiger partial charge in [0, 0.05) is 19.7 Å². The fourth-order valence-electron chi connectivity index (χ4n) is 1.33. The van der Waals surface area contributed by atoms with Crippen LogP contribution in [0.1, 0.15) is 17.3 Å². The summed E-state index contributed by atoms with van der Waals surface area (Å²) in [5.41, 5.74) is 2.07. The molecule has 1 heterocycles. The summed E-state index contributed by atoms with van der Waals surface area (Å²) in [6.07, 6.45) is 0. The van der Waals surface area contributed by atoms with E-state index in [9.17, 15) is 4.79 Å². The van der Waals surface area contributed by atoms with Crippen LogP contribution in [0.15, 0.2) is 22.6 Å². The second-order valence-electron chi connectivity index (χ2n) is 3.63. The number of carbonyl (C=O) groups excluding carboxylic acids is 1. The van der Waals surface area contributed by atoms with Crippen LogP contribution in [0.5, 0.6) is 0 Å². The van der Waals surface area contributed by atoms with E-state index in [-0.39, 0.29) is 5.78 Å². The topological polar surface area (TPSA) is 46.3 Å². The van der Waals surface area contributed by atoms with Crippen LogP contribution in [-0.2, 0) is 0 Å². The molecule has 0 saturated heterocycles. The molecule has 2 aromatic rings.